The Morgan fingerprint density at radius 2 is 2.32 bits per heavy atom. The zero-order valence-electron chi connectivity index (χ0n) is 10.7. The highest BCUT2D eigenvalue weighted by Crippen LogP contribution is 2.15. The summed E-state index contributed by atoms with van der Waals surface area (Å²) in [5.41, 5.74) is 1.06. The van der Waals surface area contributed by atoms with E-state index in [1.165, 1.54) is 0 Å². The van der Waals surface area contributed by atoms with Gasteiger partial charge in [0, 0.05) is 32.5 Å². The highest BCUT2D eigenvalue weighted by molar-refractivity contribution is 5.85. The van der Waals surface area contributed by atoms with Gasteiger partial charge in [0.25, 0.3) is 0 Å². The lowest BCUT2D eigenvalue weighted by molar-refractivity contribution is 0.0689. The van der Waals surface area contributed by atoms with Gasteiger partial charge in [-0.25, -0.2) is 9.78 Å². The maximum atomic E-state index is 10.9. The van der Waals surface area contributed by atoms with Crippen LogP contribution in [0.5, 0.6) is 0 Å². The molecule has 0 radical (unpaired) electrons. The Morgan fingerprint density at radius 1 is 1.47 bits per heavy atom. The summed E-state index contributed by atoms with van der Waals surface area (Å²) in [5, 5.41) is 13.0. The van der Waals surface area contributed by atoms with Crippen LogP contribution >= 0.6 is 0 Å². The van der Waals surface area contributed by atoms with E-state index in [4.69, 9.17) is 5.11 Å². The van der Waals surface area contributed by atoms with Crippen LogP contribution in [0.2, 0.25) is 0 Å². The maximum Gasteiger partial charge on any atom is 0.356 e. The van der Waals surface area contributed by atoms with E-state index in [0.717, 1.165) is 24.6 Å². The van der Waals surface area contributed by atoms with Gasteiger partial charge in [0.1, 0.15) is 5.82 Å². The lowest BCUT2D eigenvalue weighted by atomic mass is 10.3. The number of carbonyl (C=O) groups is 1. The molecule has 1 aliphatic heterocycles. The van der Waals surface area contributed by atoms with E-state index in [1.807, 2.05) is 17.8 Å². The number of hydrogen-bond acceptors (Lipinski definition) is 4. The Morgan fingerprint density at radius 3 is 3.00 bits per heavy atom. The number of fused-ring (bicyclic) bond motifs is 1. The van der Waals surface area contributed by atoms with Crippen LogP contribution in [-0.4, -0.2) is 41.9 Å². The van der Waals surface area contributed by atoms with Crippen molar-refractivity contribution in [3.05, 3.63) is 35.7 Å². The molecule has 0 atom stereocenters. The molecule has 7 nitrogen and oxygen atoms in total. The number of nitrogens with zero attached hydrogens (tertiary/aromatic N) is 5. The van der Waals surface area contributed by atoms with E-state index in [0.29, 0.717) is 13.1 Å². The van der Waals surface area contributed by atoms with Crippen LogP contribution in [0.1, 0.15) is 22.0 Å². The van der Waals surface area contributed by atoms with Crippen molar-refractivity contribution < 1.29 is 9.90 Å². The molecule has 2 aromatic rings. The first-order valence-electron chi connectivity index (χ1n) is 6.12. The molecule has 100 valence electrons. The minimum atomic E-state index is -0.974. The summed E-state index contributed by atoms with van der Waals surface area (Å²) in [4.78, 5) is 17.4. The fourth-order valence-corrected chi connectivity index (χ4v) is 2.31. The molecule has 1 N–H and O–H groups in total. The van der Waals surface area contributed by atoms with Crippen molar-refractivity contribution in [3.8, 4) is 0 Å². The average molecular weight is 261 g/mol. The Bertz CT molecular complexity index is 615. The van der Waals surface area contributed by atoms with Crippen LogP contribution in [-0.2, 0) is 26.7 Å². The van der Waals surface area contributed by atoms with E-state index >= 15 is 0 Å². The van der Waals surface area contributed by atoms with E-state index < -0.39 is 5.97 Å². The second-order valence-corrected chi connectivity index (χ2v) is 4.71. The predicted molar refractivity (Wildman–Crippen MR) is 66.5 cm³/mol. The predicted octanol–water partition coefficient (Wildman–Crippen LogP) is 0.331. The highest BCUT2D eigenvalue weighted by atomic mass is 16.4. The number of aromatic nitrogens is 4. The summed E-state index contributed by atoms with van der Waals surface area (Å²) >= 11 is 0. The fraction of sp³-hybridized carbons (Fsp3) is 0.417. The molecule has 0 unspecified atom stereocenters. The number of carboxylic acid groups (broad SMARTS) is 1. The Hall–Kier alpha value is -2.15. The van der Waals surface area contributed by atoms with Crippen LogP contribution in [0, 0.1) is 0 Å². The minimum Gasteiger partial charge on any atom is -0.476 e. The molecular weight excluding hydrogens is 246 g/mol. The number of aryl methyl sites for hydroxylation is 1. The largest absolute Gasteiger partial charge is 0.476 e. The minimum absolute atomic E-state index is 0.119. The zero-order valence-corrected chi connectivity index (χ0v) is 10.7. The first-order valence-corrected chi connectivity index (χ1v) is 6.12. The van der Waals surface area contributed by atoms with E-state index in [9.17, 15) is 4.79 Å². The standard InChI is InChI=1S/C12H15N5O2/c1-15-3-2-13-11(15)8-16-4-5-17-9(7-16)6-10(14-17)12(18)19/h2-3,6H,4-5,7-8H2,1H3,(H,18,19). The highest BCUT2D eigenvalue weighted by Gasteiger charge is 2.21. The molecule has 7 heteroatoms. The SMILES string of the molecule is Cn1ccnc1CN1CCn2nc(C(=O)O)cc2C1. The second kappa shape index (κ2) is 4.51. The lowest BCUT2D eigenvalue weighted by Crippen LogP contribution is -2.34. The molecule has 3 rings (SSSR count). The summed E-state index contributed by atoms with van der Waals surface area (Å²) in [6, 6.07) is 1.65. The molecule has 0 aliphatic carbocycles. The second-order valence-electron chi connectivity index (χ2n) is 4.71. The Balaban J connectivity index is 1.75. The van der Waals surface area contributed by atoms with Gasteiger partial charge < -0.3 is 9.67 Å². The maximum absolute atomic E-state index is 10.9. The Kier molecular flexibility index (Phi) is 2.83. The van der Waals surface area contributed by atoms with Gasteiger partial charge in [0.05, 0.1) is 18.8 Å². The van der Waals surface area contributed by atoms with Gasteiger partial charge in [0.15, 0.2) is 5.69 Å². The van der Waals surface area contributed by atoms with Crippen LogP contribution in [0.4, 0.5) is 0 Å². The third-order valence-corrected chi connectivity index (χ3v) is 3.38. The Labute approximate surface area is 110 Å². The first-order chi connectivity index (χ1) is 9.13. The number of aromatic carboxylic acids is 1. The monoisotopic (exact) mass is 261 g/mol. The van der Waals surface area contributed by atoms with Crippen molar-refractivity contribution in [2.24, 2.45) is 7.05 Å². The van der Waals surface area contributed by atoms with Gasteiger partial charge in [-0.15, -0.1) is 0 Å². The number of rotatable bonds is 3. The molecule has 0 amide bonds. The van der Waals surface area contributed by atoms with E-state index in [1.54, 1.807) is 16.9 Å². The third kappa shape index (κ3) is 2.24. The fourth-order valence-electron chi connectivity index (χ4n) is 2.31. The van der Waals surface area contributed by atoms with Crippen molar-refractivity contribution in [3.63, 3.8) is 0 Å². The van der Waals surface area contributed by atoms with Gasteiger partial charge in [-0.2, -0.15) is 5.10 Å². The molecule has 3 heterocycles. The summed E-state index contributed by atoms with van der Waals surface area (Å²) < 4.78 is 3.77. The van der Waals surface area contributed by atoms with Gasteiger partial charge in [-0.3, -0.25) is 9.58 Å². The van der Waals surface area contributed by atoms with Crippen LogP contribution in [0.25, 0.3) is 0 Å². The molecular formula is C12H15N5O2. The molecule has 1 aliphatic rings. The van der Waals surface area contributed by atoms with Gasteiger partial charge in [-0.1, -0.05) is 0 Å². The van der Waals surface area contributed by atoms with Crippen LogP contribution in [0.3, 0.4) is 0 Å². The third-order valence-electron chi connectivity index (χ3n) is 3.38. The quantitative estimate of drug-likeness (QED) is 0.861. The molecule has 0 saturated heterocycles. The average Bonchev–Trinajstić information content (AvgIpc) is 2.96. The van der Waals surface area contributed by atoms with Crippen molar-refractivity contribution in [1.29, 1.82) is 0 Å². The first kappa shape index (κ1) is 11.9. The number of imidazole rings is 1. The number of carboxylic acids is 1. The van der Waals surface area contributed by atoms with Gasteiger partial charge in [-0.05, 0) is 6.07 Å². The lowest BCUT2D eigenvalue weighted by Gasteiger charge is -2.27. The zero-order chi connectivity index (χ0) is 13.4. The van der Waals surface area contributed by atoms with Crippen molar-refractivity contribution >= 4 is 5.97 Å². The molecule has 0 spiro atoms. The topological polar surface area (TPSA) is 76.2 Å². The summed E-state index contributed by atoms with van der Waals surface area (Å²) in [7, 11) is 1.97. The van der Waals surface area contributed by atoms with Crippen LogP contribution in [0.15, 0.2) is 18.5 Å². The van der Waals surface area contributed by atoms with E-state index in [2.05, 4.69) is 15.0 Å². The van der Waals surface area contributed by atoms with Gasteiger partial charge >= 0.3 is 5.97 Å². The normalized spacial score (nSPS) is 15.4. The van der Waals surface area contributed by atoms with Crippen molar-refractivity contribution in [1.82, 2.24) is 24.2 Å². The summed E-state index contributed by atoms with van der Waals surface area (Å²) in [6.45, 7) is 3.03. The number of hydrogen-bond donors (Lipinski definition) is 1. The van der Waals surface area contributed by atoms with E-state index in [-0.39, 0.29) is 5.69 Å². The molecule has 0 bridgehead atoms. The molecule has 19 heavy (non-hydrogen) atoms. The molecule has 0 aromatic carbocycles. The molecule has 2 aromatic heterocycles. The smallest absolute Gasteiger partial charge is 0.356 e. The van der Waals surface area contributed by atoms with Crippen LogP contribution < -0.4 is 0 Å². The van der Waals surface area contributed by atoms with Crippen molar-refractivity contribution in [2.45, 2.75) is 19.6 Å². The van der Waals surface area contributed by atoms with Gasteiger partial charge in [0.2, 0.25) is 0 Å². The summed E-state index contributed by atoms with van der Waals surface area (Å²) in [5.74, 6) is 0.0315. The molecule has 0 saturated carbocycles. The summed E-state index contributed by atoms with van der Waals surface area (Å²) in [6.07, 6.45) is 3.71. The van der Waals surface area contributed by atoms with Crippen molar-refractivity contribution in [2.75, 3.05) is 6.54 Å². The molecule has 0 fully saturated rings.